The average molecular weight is 347 g/mol. The van der Waals surface area contributed by atoms with Crippen molar-refractivity contribution >= 4 is 35.1 Å². The molecule has 0 aliphatic carbocycles. The van der Waals surface area contributed by atoms with Gasteiger partial charge in [0.25, 0.3) is 0 Å². The molecule has 2 aromatic rings. The van der Waals surface area contributed by atoms with E-state index in [9.17, 15) is 4.79 Å². The number of benzene rings is 2. The molecule has 0 aromatic heterocycles. The first kappa shape index (κ1) is 16.2. The minimum absolute atomic E-state index is 0.0134. The molecule has 0 spiro atoms. The molecular weight excluding hydrogens is 328 g/mol. The van der Waals surface area contributed by atoms with Gasteiger partial charge in [-0.15, -0.1) is 11.8 Å². The molecule has 1 atom stereocenters. The van der Waals surface area contributed by atoms with E-state index in [1.54, 1.807) is 11.8 Å². The van der Waals surface area contributed by atoms with Gasteiger partial charge in [0.2, 0.25) is 0 Å². The number of carbonyl (C=O) groups excluding carboxylic acids is 1. The van der Waals surface area contributed by atoms with Crippen LogP contribution in [0.15, 0.2) is 42.5 Å². The second-order valence-corrected chi connectivity index (χ2v) is 7.34. The Hall–Kier alpha value is -1.65. The summed E-state index contributed by atoms with van der Waals surface area (Å²) in [7, 11) is 0. The number of hydrogen-bond acceptors (Lipinski definition) is 2. The summed E-state index contributed by atoms with van der Waals surface area (Å²) in [4.78, 5) is 14.6. The molecule has 23 heavy (non-hydrogen) atoms. The zero-order valence-electron chi connectivity index (χ0n) is 13.2. The third-order valence-electron chi connectivity index (χ3n) is 3.91. The van der Waals surface area contributed by atoms with Crippen LogP contribution in [0.4, 0.5) is 10.5 Å². The van der Waals surface area contributed by atoms with Crippen LogP contribution in [0.5, 0.6) is 0 Å². The van der Waals surface area contributed by atoms with Crippen LogP contribution >= 0.6 is 23.4 Å². The lowest BCUT2D eigenvalue weighted by Gasteiger charge is -2.25. The van der Waals surface area contributed by atoms with Gasteiger partial charge in [-0.05, 0) is 43.2 Å². The van der Waals surface area contributed by atoms with E-state index in [1.165, 1.54) is 5.56 Å². The second-order valence-electron chi connectivity index (χ2n) is 5.72. The highest BCUT2D eigenvalue weighted by Crippen LogP contribution is 2.38. The molecule has 1 N–H and O–H groups in total. The third kappa shape index (κ3) is 3.65. The normalized spacial score (nSPS) is 17.3. The van der Waals surface area contributed by atoms with Crippen LogP contribution < -0.4 is 5.32 Å². The molecule has 2 amide bonds. The Kier molecular flexibility index (Phi) is 4.83. The Labute approximate surface area is 146 Å². The summed E-state index contributed by atoms with van der Waals surface area (Å²) in [5.41, 5.74) is 4.19. The average Bonchev–Trinajstić information content (AvgIpc) is 2.99. The van der Waals surface area contributed by atoms with E-state index in [0.29, 0.717) is 5.02 Å². The molecule has 3 rings (SSSR count). The van der Waals surface area contributed by atoms with Gasteiger partial charge < -0.3 is 10.2 Å². The second kappa shape index (κ2) is 6.85. The molecule has 2 aromatic carbocycles. The predicted octanol–water partition coefficient (Wildman–Crippen LogP) is 5.24. The number of hydrogen-bond donors (Lipinski definition) is 1. The van der Waals surface area contributed by atoms with Gasteiger partial charge in [-0.3, -0.25) is 0 Å². The van der Waals surface area contributed by atoms with E-state index in [-0.39, 0.29) is 11.4 Å². The van der Waals surface area contributed by atoms with Crippen molar-refractivity contribution in [1.29, 1.82) is 0 Å². The number of nitrogens with zero attached hydrogens (tertiary/aromatic N) is 1. The van der Waals surface area contributed by atoms with Crippen molar-refractivity contribution in [1.82, 2.24) is 4.90 Å². The van der Waals surface area contributed by atoms with Crippen molar-refractivity contribution in [3.8, 4) is 0 Å². The highest BCUT2D eigenvalue weighted by molar-refractivity contribution is 7.99. The Morgan fingerprint density at radius 1 is 1.26 bits per heavy atom. The van der Waals surface area contributed by atoms with E-state index >= 15 is 0 Å². The minimum Gasteiger partial charge on any atom is -0.308 e. The summed E-state index contributed by atoms with van der Waals surface area (Å²) in [5.74, 6) is 0.928. The van der Waals surface area contributed by atoms with E-state index in [1.807, 2.05) is 55.1 Å². The molecule has 0 bridgehead atoms. The summed E-state index contributed by atoms with van der Waals surface area (Å²) in [6.07, 6.45) is 0. The Morgan fingerprint density at radius 3 is 2.83 bits per heavy atom. The van der Waals surface area contributed by atoms with Gasteiger partial charge in [0.1, 0.15) is 5.37 Å². The Morgan fingerprint density at radius 2 is 2.09 bits per heavy atom. The van der Waals surface area contributed by atoms with Gasteiger partial charge in [0, 0.05) is 23.0 Å². The first-order valence-electron chi connectivity index (χ1n) is 7.56. The lowest BCUT2D eigenvalue weighted by molar-refractivity contribution is 0.214. The smallest absolute Gasteiger partial charge is 0.308 e. The summed E-state index contributed by atoms with van der Waals surface area (Å²) >= 11 is 7.85. The molecule has 0 saturated carbocycles. The largest absolute Gasteiger partial charge is 0.323 e. The lowest BCUT2D eigenvalue weighted by atomic mass is 10.1. The fourth-order valence-electron chi connectivity index (χ4n) is 2.76. The highest BCUT2D eigenvalue weighted by atomic mass is 35.5. The molecule has 1 saturated heterocycles. The quantitative estimate of drug-likeness (QED) is 0.806. The van der Waals surface area contributed by atoms with Crippen molar-refractivity contribution in [2.24, 2.45) is 0 Å². The number of urea groups is 1. The molecule has 120 valence electrons. The van der Waals surface area contributed by atoms with Crippen LogP contribution in [0.2, 0.25) is 5.02 Å². The molecule has 0 radical (unpaired) electrons. The first-order chi connectivity index (χ1) is 11.0. The van der Waals surface area contributed by atoms with E-state index < -0.39 is 0 Å². The molecule has 1 aliphatic heterocycles. The lowest BCUT2D eigenvalue weighted by Crippen LogP contribution is -2.34. The standard InChI is InChI=1S/C18H19ClN2OS/c1-12-6-7-16(13(2)10-12)20-18(22)21-8-9-23-17(21)14-4-3-5-15(19)11-14/h3-7,10-11,17H,8-9H2,1-2H3,(H,20,22). The van der Waals surface area contributed by atoms with Gasteiger partial charge in [-0.1, -0.05) is 41.4 Å². The van der Waals surface area contributed by atoms with Crippen LogP contribution in [0.25, 0.3) is 0 Å². The number of rotatable bonds is 2. The zero-order valence-corrected chi connectivity index (χ0v) is 14.7. The van der Waals surface area contributed by atoms with E-state index in [2.05, 4.69) is 11.4 Å². The zero-order chi connectivity index (χ0) is 16.4. The van der Waals surface area contributed by atoms with Gasteiger partial charge in [-0.2, -0.15) is 0 Å². The maximum absolute atomic E-state index is 12.7. The van der Waals surface area contributed by atoms with Crippen LogP contribution in [0, 0.1) is 13.8 Å². The van der Waals surface area contributed by atoms with E-state index in [0.717, 1.165) is 29.1 Å². The van der Waals surface area contributed by atoms with Crippen molar-refractivity contribution < 1.29 is 4.79 Å². The number of anilines is 1. The van der Waals surface area contributed by atoms with Crippen molar-refractivity contribution in [3.05, 3.63) is 64.2 Å². The van der Waals surface area contributed by atoms with Gasteiger partial charge in [0.05, 0.1) is 0 Å². The summed E-state index contributed by atoms with van der Waals surface area (Å²) in [5, 5.41) is 3.75. The van der Waals surface area contributed by atoms with Crippen molar-refractivity contribution in [2.75, 3.05) is 17.6 Å². The van der Waals surface area contributed by atoms with Crippen LogP contribution in [-0.4, -0.2) is 23.2 Å². The van der Waals surface area contributed by atoms with E-state index in [4.69, 9.17) is 11.6 Å². The molecule has 1 aliphatic rings. The maximum atomic E-state index is 12.7. The number of aryl methyl sites for hydroxylation is 2. The van der Waals surface area contributed by atoms with Crippen molar-refractivity contribution in [3.63, 3.8) is 0 Å². The minimum atomic E-state index is -0.0630. The third-order valence-corrected chi connectivity index (χ3v) is 5.40. The van der Waals surface area contributed by atoms with Gasteiger partial charge in [0.15, 0.2) is 0 Å². The number of amides is 2. The first-order valence-corrected chi connectivity index (χ1v) is 8.99. The maximum Gasteiger partial charge on any atom is 0.323 e. The predicted molar refractivity (Wildman–Crippen MR) is 98.3 cm³/mol. The Balaban J connectivity index is 1.78. The van der Waals surface area contributed by atoms with Gasteiger partial charge in [-0.25, -0.2) is 4.79 Å². The highest BCUT2D eigenvalue weighted by Gasteiger charge is 2.30. The number of nitrogens with one attached hydrogen (secondary N) is 1. The fraction of sp³-hybridized carbons (Fsp3) is 0.278. The van der Waals surface area contributed by atoms with Crippen LogP contribution in [0.3, 0.4) is 0 Å². The Bertz CT molecular complexity index is 735. The topological polar surface area (TPSA) is 32.3 Å². The number of halogens is 1. The summed E-state index contributed by atoms with van der Waals surface area (Å²) in [6, 6.07) is 13.7. The number of thioether (sulfide) groups is 1. The summed E-state index contributed by atoms with van der Waals surface area (Å²) < 4.78 is 0. The molecule has 1 unspecified atom stereocenters. The SMILES string of the molecule is Cc1ccc(NC(=O)N2CCSC2c2cccc(Cl)c2)c(C)c1. The molecule has 1 heterocycles. The van der Waals surface area contributed by atoms with Crippen LogP contribution in [0.1, 0.15) is 22.1 Å². The number of carbonyl (C=O) groups is 1. The monoisotopic (exact) mass is 346 g/mol. The molecular formula is C18H19ClN2OS. The van der Waals surface area contributed by atoms with Crippen LogP contribution in [-0.2, 0) is 0 Å². The summed E-state index contributed by atoms with van der Waals surface area (Å²) in [6.45, 7) is 4.79. The molecule has 3 nitrogen and oxygen atoms in total. The van der Waals surface area contributed by atoms with Gasteiger partial charge >= 0.3 is 6.03 Å². The fourth-order valence-corrected chi connectivity index (χ4v) is 4.20. The molecule has 1 fully saturated rings. The molecule has 5 heteroatoms. The van der Waals surface area contributed by atoms with Crippen molar-refractivity contribution in [2.45, 2.75) is 19.2 Å².